The molecule has 1 aromatic heterocycles. The number of nitrogens with two attached hydrogens (primary N) is 1. The summed E-state index contributed by atoms with van der Waals surface area (Å²) in [6, 6.07) is 3.82. The zero-order chi connectivity index (χ0) is 19.6. The molecule has 1 heterocycles. The number of nitrogens with zero attached hydrogens (tertiary/aromatic N) is 1. The lowest BCUT2D eigenvalue weighted by Crippen LogP contribution is -2.18. The fourth-order valence-corrected chi connectivity index (χ4v) is 4.71. The van der Waals surface area contributed by atoms with Gasteiger partial charge in [0.1, 0.15) is 10.0 Å². The van der Waals surface area contributed by atoms with Crippen LogP contribution in [0.5, 0.6) is 0 Å². The molecule has 2 amide bonds. The molecule has 1 aromatic carbocycles. The van der Waals surface area contributed by atoms with E-state index < -0.39 is 16.7 Å². The molecule has 0 fully saturated rings. The maximum Gasteiger partial charge on any atom is 0.288 e. The summed E-state index contributed by atoms with van der Waals surface area (Å²) in [6.45, 7) is 0. The Hall–Kier alpha value is -2.45. The van der Waals surface area contributed by atoms with E-state index in [-0.39, 0.29) is 16.3 Å². The van der Waals surface area contributed by atoms with Crippen molar-refractivity contribution in [1.29, 1.82) is 0 Å². The van der Waals surface area contributed by atoms with Gasteiger partial charge in [0.05, 0.1) is 10.5 Å². The Kier molecular flexibility index (Phi) is 5.76. The summed E-state index contributed by atoms with van der Waals surface area (Å²) in [7, 11) is 0. The first kappa shape index (κ1) is 19.3. The Labute approximate surface area is 164 Å². The van der Waals surface area contributed by atoms with Crippen molar-refractivity contribution in [1.82, 2.24) is 0 Å². The molecule has 0 atom stereocenters. The van der Waals surface area contributed by atoms with Crippen molar-refractivity contribution in [3.63, 3.8) is 0 Å². The predicted octanol–water partition coefficient (Wildman–Crippen LogP) is 4.32. The zero-order valence-electron chi connectivity index (χ0n) is 14.4. The van der Waals surface area contributed by atoms with Crippen molar-refractivity contribution in [3.05, 3.63) is 54.9 Å². The average molecular weight is 408 g/mol. The molecular formula is C18H18ClN3O4S. The Balaban J connectivity index is 1.94. The van der Waals surface area contributed by atoms with Crippen LogP contribution < -0.4 is 11.1 Å². The third-order valence-electron chi connectivity index (χ3n) is 4.55. The standard InChI is InChI=1S/C18H18ClN3O4S/c19-12-8-7-10(9-13(12)22(25)26)17(24)21-18-15(16(20)23)11-5-3-1-2-4-6-14(11)27-18/h7-9H,1-6H2,(H2,20,23)(H,21,24). The number of amides is 2. The van der Waals surface area contributed by atoms with E-state index >= 15 is 0 Å². The number of carbonyl (C=O) groups excluding carboxylic acids is 2. The minimum absolute atomic E-state index is 0.0477. The highest BCUT2D eigenvalue weighted by Gasteiger charge is 2.25. The van der Waals surface area contributed by atoms with Gasteiger partial charge in [-0.1, -0.05) is 24.4 Å². The number of hydrogen-bond donors (Lipinski definition) is 2. The van der Waals surface area contributed by atoms with Crippen LogP contribution in [0.15, 0.2) is 18.2 Å². The van der Waals surface area contributed by atoms with Gasteiger partial charge in [0.2, 0.25) is 0 Å². The van der Waals surface area contributed by atoms with Gasteiger partial charge in [-0.15, -0.1) is 11.3 Å². The fraction of sp³-hybridized carbons (Fsp3) is 0.333. The number of fused-ring (bicyclic) bond motifs is 1. The monoisotopic (exact) mass is 407 g/mol. The summed E-state index contributed by atoms with van der Waals surface area (Å²) >= 11 is 7.15. The summed E-state index contributed by atoms with van der Waals surface area (Å²) in [5, 5.41) is 14.1. The average Bonchev–Trinajstić information content (AvgIpc) is 2.91. The number of nitro groups is 1. The molecule has 142 valence electrons. The van der Waals surface area contributed by atoms with Crippen molar-refractivity contribution >= 4 is 45.4 Å². The normalized spacial score (nSPS) is 14.0. The van der Waals surface area contributed by atoms with Gasteiger partial charge in [0.15, 0.2) is 0 Å². The number of aryl methyl sites for hydroxylation is 1. The van der Waals surface area contributed by atoms with Crippen molar-refractivity contribution in [3.8, 4) is 0 Å². The highest BCUT2D eigenvalue weighted by atomic mass is 35.5. The first-order valence-electron chi connectivity index (χ1n) is 8.58. The molecule has 3 N–H and O–H groups in total. The van der Waals surface area contributed by atoms with E-state index in [1.165, 1.54) is 23.5 Å². The summed E-state index contributed by atoms with van der Waals surface area (Å²) in [6.07, 6.45) is 5.85. The smallest absolute Gasteiger partial charge is 0.288 e. The number of anilines is 1. The van der Waals surface area contributed by atoms with E-state index in [0.29, 0.717) is 10.6 Å². The highest BCUT2D eigenvalue weighted by molar-refractivity contribution is 7.17. The Morgan fingerprint density at radius 2 is 1.89 bits per heavy atom. The molecule has 0 unspecified atom stereocenters. The summed E-state index contributed by atoms with van der Waals surface area (Å²) in [5.41, 5.74) is 6.59. The van der Waals surface area contributed by atoms with Crippen LogP contribution in [-0.2, 0) is 12.8 Å². The van der Waals surface area contributed by atoms with Crippen molar-refractivity contribution < 1.29 is 14.5 Å². The molecule has 9 heteroatoms. The van der Waals surface area contributed by atoms with Crippen LogP contribution >= 0.6 is 22.9 Å². The van der Waals surface area contributed by atoms with Gasteiger partial charge >= 0.3 is 0 Å². The van der Waals surface area contributed by atoms with E-state index in [1.807, 2.05) is 0 Å². The lowest BCUT2D eigenvalue weighted by molar-refractivity contribution is -0.384. The molecule has 0 bridgehead atoms. The molecule has 0 saturated heterocycles. The van der Waals surface area contributed by atoms with Gasteiger partial charge in [0, 0.05) is 16.5 Å². The summed E-state index contributed by atoms with van der Waals surface area (Å²) in [4.78, 5) is 36.1. The molecule has 2 aromatic rings. The number of halogens is 1. The molecular weight excluding hydrogens is 390 g/mol. The Morgan fingerprint density at radius 1 is 1.19 bits per heavy atom. The summed E-state index contributed by atoms with van der Waals surface area (Å²) in [5.74, 6) is -1.13. The fourth-order valence-electron chi connectivity index (χ4n) is 3.24. The van der Waals surface area contributed by atoms with Gasteiger partial charge in [-0.2, -0.15) is 0 Å². The maximum absolute atomic E-state index is 12.6. The van der Waals surface area contributed by atoms with Gasteiger partial charge in [-0.3, -0.25) is 19.7 Å². The number of primary amides is 1. The minimum atomic E-state index is -0.648. The predicted molar refractivity (Wildman–Crippen MR) is 105 cm³/mol. The van der Waals surface area contributed by atoms with Gasteiger partial charge in [0.25, 0.3) is 17.5 Å². The van der Waals surface area contributed by atoms with Gasteiger partial charge in [-0.25, -0.2) is 0 Å². The number of nitrogens with one attached hydrogen (secondary N) is 1. The second-order valence-electron chi connectivity index (χ2n) is 6.36. The van der Waals surface area contributed by atoms with E-state index in [9.17, 15) is 19.7 Å². The molecule has 0 radical (unpaired) electrons. The number of carbonyl (C=O) groups is 2. The van der Waals surface area contributed by atoms with E-state index in [0.717, 1.165) is 55.0 Å². The molecule has 3 rings (SSSR count). The first-order valence-corrected chi connectivity index (χ1v) is 9.77. The van der Waals surface area contributed by atoms with Crippen LogP contribution in [0.3, 0.4) is 0 Å². The number of benzene rings is 1. The minimum Gasteiger partial charge on any atom is -0.365 e. The van der Waals surface area contributed by atoms with Crippen LogP contribution in [0.4, 0.5) is 10.7 Å². The first-order chi connectivity index (χ1) is 12.9. The third-order valence-corrected chi connectivity index (χ3v) is 6.08. The number of hydrogen-bond acceptors (Lipinski definition) is 5. The SMILES string of the molecule is NC(=O)c1c(NC(=O)c2ccc(Cl)c([N+](=O)[O-])c2)sc2c1CCCCCC2. The number of rotatable bonds is 4. The number of thiophene rings is 1. The van der Waals surface area contributed by atoms with Crippen LogP contribution in [0.25, 0.3) is 0 Å². The largest absolute Gasteiger partial charge is 0.365 e. The number of nitro benzene ring substituents is 1. The topological polar surface area (TPSA) is 115 Å². The van der Waals surface area contributed by atoms with Crippen LogP contribution in [0, 0.1) is 10.1 Å². The zero-order valence-corrected chi connectivity index (χ0v) is 16.0. The van der Waals surface area contributed by atoms with E-state index in [4.69, 9.17) is 17.3 Å². The van der Waals surface area contributed by atoms with Crippen molar-refractivity contribution in [2.75, 3.05) is 5.32 Å². The third kappa shape index (κ3) is 4.12. The Bertz CT molecular complexity index is 926. The van der Waals surface area contributed by atoms with Crippen molar-refractivity contribution in [2.24, 2.45) is 5.73 Å². The molecule has 27 heavy (non-hydrogen) atoms. The lowest BCUT2D eigenvalue weighted by Gasteiger charge is -2.10. The van der Waals surface area contributed by atoms with Crippen LogP contribution in [-0.4, -0.2) is 16.7 Å². The lowest BCUT2D eigenvalue weighted by atomic mass is 9.96. The van der Waals surface area contributed by atoms with Crippen molar-refractivity contribution in [2.45, 2.75) is 38.5 Å². The van der Waals surface area contributed by atoms with Crippen LogP contribution in [0.1, 0.15) is 56.8 Å². The molecule has 0 saturated carbocycles. The second-order valence-corrected chi connectivity index (χ2v) is 7.88. The van der Waals surface area contributed by atoms with E-state index in [2.05, 4.69) is 5.32 Å². The van der Waals surface area contributed by atoms with Crippen LogP contribution in [0.2, 0.25) is 5.02 Å². The molecule has 1 aliphatic rings. The van der Waals surface area contributed by atoms with Gasteiger partial charge < -0.3 is 11.1 Å². The maximum atomic E-state index is 12.6. The quantitative estimate of drug-likeness (QED) is 0.579. The molecule has 0 spiro atoms. The Morgan fingerprint density at radius 3 is 2.56 bits per heavy atom. The molecule has 1 aliphatic carbocycles. The summed E-state index contributed by atoms with van der Waals surface area (Å²) < 4.78 is 0. The molecule has 7 nitrogen and oxygen atoms in total. The van der Waals surface area contributed by atoms with Gasteiger partial charge in [-0.05, 0) is 43.4 Å². The van der Waals surface area contributed by atoms with E-state index in [1.54, 1.807) is 0 Å². The highest BCUT2D eigenvalue weighted by Crippen LogP contribution is 2.37. The second kappa shape index (κ2) is 8.06. The molecule has 0 aliphatic heterocycles.